The smallest absolute Gasteiger partial charge is 0.0276 e. The van der Waals surface area contributed by atoms with E-state index < -0.39 is 0 Å². The molecule has 0 N–H and O–H groups in total. The molecule has 17 heavy (non-hydrogen) atoms. The van der Waals surface area contributed by atoms with Gasteiger partial charge in [-0.05, 0) is 24.3 Å². The van der Waals surface area contributed by atoms with E-state index in [1.54, 1.807) is 0 Å². The number of hydrogen-bond donors (Lipinski definition) is 0. The summed E-state index contributed by atoms with van der Waals surface area (Å²) in [7, 11) is 0. The molecule has 0 heteroatoms. The van der Waals surface area contributed by atoms with Crippen LogP contribution >= 0.6 is 0 Å². The fourth-order valence-electron chi connectivity index (χ4n) is 2.30. The lowest BCUT2D eigenvalue weighted by atomic mass is 9.95. The van der Waals surface area contributed by atoms with Crippen LogP contribution in [0.25, 0.3) is 0 Å². The summed E-state index contributed by atoms with van der Waals surface area (Å²) >= 11 is 0. The standard InChI is InChI=1S/C17H28/c1-3-4-5-6-8-11-16(2)14-15-17-12-9-7-10-13-17/h7,9-10,12-13,16H,3-6,8,11,14-15H2,1-2H3. The molecule has 0 nitrogen and oxygen atoms in total. The molecule has 0 radical (unpaired) electrons. The van der Waals surface area contributed by atoms with Crippen molar-refractivity contribution in [3.63, 3.8) is 0 Å². The fraction of sp³-hybridized carbons (Fsp3) is 0.647. The third-order valence-electron chi connectivity index (χ3n) is 3.57. The van der Waals surface area contributed by atoms with Crippen molar-refractivity contribution in [1.29, 1.82) is 0 Å². The van der Waals surface area contributed by atoms with Gasteiger partial charge in [0.1, 0.15) is 0 Å². The highest BCUT2D eigenvalue weighted by atomic mass is 14.1. The molecular formula is C17H28. The molecule has 0 amide bonds. The predicted molar refractivity (Wildman–Crippen MR) is 77.3 cm³/mol. The van der Waals surface area contributed by atoms with E-state index in [0.717, 1.165) is 5.92 Å². The Balaban J connectivity index is 2.03. The van der Waals surface area contributed by atoms with E-state index in [4.69, 9.17) is 0 Å². The molecule has 1 unspecified atom stereocenters. The third kappa shape index (κ3) is 7.20. The van der Waals surface area contributed by atoms with Gasteiger partial charge >= 0.3 is 0 Å². The molecule has 1 aromatic rings. The highest BCUT2D eigenvalue weighted by Crippen LogP contribution is 2.16. The first-order valence-electron chi connectivity index (χ1n) is 7.37. The van der Waals surface area contributed by atoms with Crippen LogP contribution in [-0.2, 0) is 6.42 Å². The van der Waals surface area contributed by atoms with Gasteiger partial charge in [-0.2, -0.15) is 0 Å². The Morgan fingerprint density at radius 2 is 1.59 bits per heavy atom. The summed E-state index contributed by atoms with van der Waals surface area (Å²) in [5.74, 6) is 0.886. The second-order valence-electron chi connectivity index (χ2n) is 5.33. The second kappa shape index (κ2) is 9.27. The molecule has 0 aromatic heterocycles. The molecule has 0 aliphatic rings. The lowest BCUT2D eigenvalue weighted by molar-refractivity contribution is 0.457. The van der Waals surface area contributed by atoms with Crippen LogP contribution in [0, 0.1) is 5.92 Å². The molecule has 1 atom stereocenters. The summed E-state index contributed by atoms with van der Waals surface area (Å²) in [4.78, 5) is 0. The Hall–Kier alpha value is -0.780. The molecule has 0 aliphatic heterocycles. The lowest BCUT2D eigenvalue weighted by Gasteiger charge is -2.11. The number of unbranched alkanes of at least 4 members (excludes halogenated alkanes) is 4. The van der Waals surface area contributed by atoms with E-state index >= 15 is 0 Å². The molecular weight excluding hydrogens is 204 g/mol. The normalized spacial score (nSPS) is 12.6. The SMILES string of the molecule is CCCCCCCC(C)CCc1ccccc1. The van der Waals surface area contributed by atoms with Crippen molar-refractivity contribution >= 4 is 0 Å². The van der Waals surface area contributed by atoms with Gasteiger partial charge in [0.25, 0.3) is 0 Å². The number of aryl methyl sites for hydroxylation is 1. The van der Waals surface area contributed by atoms with Gasteiger partial charge in [0.05, 0.1) is 0 Å². The first-order chi connectivity index (χ1) is 8.33. The molecule has 0 heterocycles. The molecule has 0 fully saturated rings. The van der Waals surface area contributed by atoms with Crippen LogP contribution in [0.1, 0.15) is 64.4 Å². The Kier molecular flexibility index (Phi) is 7.79. The fourth-order valence-corrected chi connectivity index (χ4v) is 2.30. The largest absolute Gasteiger partial charge is 0.0654 e. The van der Waals surface area contributed by atoms with Crippen molar-refractivity contribution in [2.24, 2.45) is 5.92 Å². The monoisotopic (exact) mass is 232 g/mol. The van der Waals surface area contributed by atoms with E-state index in [-0.39, 0.29) is 0 Å². The summed E-state index contributed by atoms with van der Waals surface area (Å²) < 4.78 is 0. The maximum Gasteiger partial charge on any atom is -0.0276 e. The van der Waals surface area contributed by atoms with Gasteiger partial charge in [0.15, 0.2) is 0 Å². The Morgan fingerprint density at radius 1 is 0.882 bits per heavy atom. The van der Waals surface area contributed by atoms with Crippen LogP contribution < -0.4 is 0 Å². The average Bonchev–Trinajstić information content (AvgIpc) is 2.37. The van der Waals surface area contributed by atoms with Gasteiger partial charge in [-0.15, -0.1) is 0 Å². The van der Waals surface area contributed by atoms with Crippen LogP contribution in [0.4, 0.5) is 0 Å². The van der Waals surface area contributed by atoms with Crippen molar-refractivity contribution < 1.29 is 0 Å². The van der Waals surface area contributed by atoms with Gasteiger partial charge in [-0.1, -0.05) is 82.7 Å². The van der Waals surface area contributed by atoms with E-state index in [0.29, 0.717) is 0 Å². The van der Waals surface area contributed by atoms with Gasteiger partial charge in [0, 0.05) is 0 Å². The molecule has 1 aromatic carbocycles. The van der Waals surface area contributed by atoms with E-state index in [2.05, 4.69) is 44.2 Å². The predicted octanol–water partition coefficient (Wildman–Crippen LogP) is 5.62. The van der Waals surface area contributed by atoms with Gasteiger partial charge < -0.3 is 0 Å². The maximum atomic E-state index is 2.41. The van der Waals surface area contributed by atoms with Gasteiger partial charge in [0.2, 0.25) is 0 Å². The second-order valence-corrected chi connectivity index (χ2v) is 5.33. The Morgan fingerprint density at radius 3 is 2.29 bits per heavy atom. The maximum absolute atomic E-state index is 2.41. The third-order valence-corrected chi connectivity index (χ3v) is 3.57. The molecule has 0 saturated heterocycles. The molecule has 0 spiro atoms. The number of hydrogen-bond acceptors (Lipinski definition) is 0. The van der Waals surface area contributed by atoms with Crippen LogP contribution in [0.2, 0.25) is 0 Å². The molecule has 1 rings (SSSR count). The van der Waals surface area contributed by atoms with Crippen LogP contribution in [-0.4, -0.2) is 0 Å². The van der Waals surface area contributed by atoms with Crippen molar-refractivity contribution in [1.82, 2.24) is 0 Å². The number of benzene rings is 1. The zero-order valence-electron chi connectivity index (χ0n) is 11.6. The van der Waals surface area contributed by atoms with Crippen molar-refractivity contribution in [3.8, 4) is 0 Å². The van der Waals surface area contributed by atoms with Crippen LogP contribution in [0.5, 0.6) is 0 Å². The number of rotatable bonds is 9. The minimum absolute atomic E-state index is 0.886. The van der Waals surface area contributed by atoms with Crippen molar-refractivity contribution in [3.05, 3.63) is 35.9 Å². The van der Waals surface area contributed by atoms with E-state index in [1.165, 1.54) is 56.9 Å². The van der Waals surface area contributed by atoms with Crippen molar-refractivity contribution in [2.45, 2.75) is 65.2 Å². The highest BCUT2D eigenvalue weighted by Gasteiger charge is 2.02. The zero-order chi connectivity index (χ0) is 12.3. The average molecular weight is 232 g/mol. The van der Waals surface area contributed by atoms with Gasteiger partial charge in [-0.25, -0.2) is 0 Å². The minimum atomic E-state index is 0.886. The minimum Gasteiger partial charge on any atom is -0.0654 e. The van der Waals surface area contributed by atoms with Crippen molar-refractivity contribution in [2.75, 3.05) is 0 Å². The summed E-state index contributed by atoms with van der Waals surface area (Å²) in [6, 6.07) is 10.9. The summed E-state index contributed by atoms with van der Waals surface area (Å²) in [5, 5.41) is 0. The Labute approximate surface area is 107 Å². The first-order valence-corrected chi connectivity index (χ1v) is 7.37. The highest BCUT2D eigenvalue weighted by molar-refractivity contribution is 5.14. The quantitative estimate of drug-likeness (QED) is 0.485. The topological polar surface area (TPSA) is 0 Å². The Bertz CT molecular complexity index is 263. The van der Waals surface area contributed by atoms with Crippen LogP contribution in [0.15, 0.2) is 30.3 Å². The zero-order valence-corrected chi connectivity index (χ0v) is 11.6. The van der Waals surface area contributed by atoms with E-state index in [9.17, 15) is 0 Å². The summed E-state index contributed by atoms with van der Waals surface area (Å²) in [5.41, 5.74) is 1.49. The van der Waals surface area contributed by atoms with Gasteiger partial charge in [-0.3, -0.25) is 0 Å². The molecule has 0 aliphatic carbocycles. The molecule has 0 bridgehead atoms. The lowest BCUT2D eigenvalue weighted by Crippen LogP contribution is -1.97. The summed E-state index contributed by atoms with van der Waals surface area (Å²) in [6.45, 7) is 4.69. The first kappa shape index (κ1) is 14.3. The van der Waals surface area contributed by atoms with E-state index in [1.807, 2.05) is 0 Å². The molecule has 0 saturated carbocycles. The molecule has 96 valence electrons. The summed E-state index contributed by atoms with van der Waals surface area (Å²) in [6.07, 6.45) is 11.1. The van der Waals surface area contributed by atoms with Crippen LogP contribution in [0.3, 0.4) is 0 Å².